The molecule has 1 aromatic carbocycles. The molecule has 0 spiro atoms. The van der Waals surface area contributed by atoms with Crippen LogP contribution >= 0.6 is 0 Å². The quantitative estimate of drug-likeness (QED) is 0.738. The van der Waals surface area contributed by atoms with Crippen LogP contribution in [-0.2, 0) is 9.53 Å². The van der Waals surface area contributed by atoms with Crippen molar-refractivity contribution < 1.29 is 32.6 Å². The first-order chi connectivity index (χ1) is 9.84. The Kier molecular flexibility index (Phi) is 4.03. The van der Waals surface area contributed by atoms with E-state index < -0.39 is 40.7 Å². The van der Waals surface area contributed by atoms with E-state index in [4.69, 9.17) is 9.84 Å². The number of carbonyl (C=O) groups is 2. The van der Waals surface area contributed by atoms with Gasteiger partial charge in [-0.1, -0.05) is 0 Å². The van der Waals surface area contributed by atoms with E-state index in [9.17, 15) is 22.8 Å². The van der Waals surface area contributed by atoms with Gasteiger partial charge >= 0.3 is 12.0 Å². The summed E-state index contributed by atoms with van der Waals surface area (Å²) in [7, 11) is 0. The van der Waals surface area contributed by atoms with Gasteiger partial charge in [-0.2, -0.15) is 0 Å². The largest absolute Gasteiger partial charge is 0.479 e. The lowest BCUT2D eigenvalue weighted by molar-refractivity contribution is -0.144. The van der Waals surface area contributed by atoms with Gasteiger partial charge in [0.25, 0.3) is 0 Å². The minimum absolute atomic E-state index is 0.0377. The van der Waals surface area contributed by atoms with Gasteiger partial charge in [-0.05, 0) is 0 Å². The molecule has 1 unspecified atom stereocenters. The number of ether oxygens (including phenoxy) is 1. The van der Waals surface area contributed by atoms with Crippen LogP contribution in [0.4, 0.5) is 23.7 Å². The Morgan fingerprint density at radius 3 is 2.43 bits per heavy atom. The van der Waals surface area contributed by atoms with Crippen LogP contribution in [0.15, 0.2) is 12.1 Å². The molecule has 114 valence electrons. The van der Waals surface area contributed by atoms with Crippen molar-refractivity contribution in [3.8, 4) is 0 Å². The fourth-order valence-corrected chi connectivity index (χ4v) is 1.87. The SMILES string of the molecule is O=C(Nc1cc(F)c(F)cc1F)NC1(C(=O)O)CCOC1. The summed E-state index contributed by atoms with van der Waals surface area (Å²) >= 11 is 0. The van der Waals surface area contributed by atoms with E-state index >= 15 is 0 Å². The minimum atomic E-state index is -1.63. The lowest BCUT2D eigenvalue weighted by Crippen LogP contribution is -2.56. The fourth-order valence-electron chi connectivity index (χ4n) is 1.87. The molecule has 1 aliphatic rings. The number of anilines is 1. The van der Waals surface area contributed by atoms with Crippen molar-refractivity contribution in [2.45, 2.75) is 12.0 Å². The second kappa shape index (κ2) is 5.60. The predicted octanol–water partition coefficient (Wildman–Crippen LogP) is 1.47. The first-order valence-electron chi connectivity index (χ1n) is 5.89. The van der Waals surface area contributed by atoms with Gasteiger partial charge in [-0.3, -0.25) is 0 Å². The van der Waals surface area contributed by atoms with Crippen molar-refractivity contribution in [3.05, 3.63) is 29.6 Å². The molecule has 1 saturated heterocycles. The molecule has 1 fully saturated rings. The summed E-state index contributed by atoms with van der Waals surface area (Å²) in [6.07, 6.45) is 0.0377. The first-order valence-corrected chi connectivity index (χ1v) is 5.89. The van der Waals surface area contributed by atoms with Crippen LogP contribution in [0.25, 0.3) is 0 Å². The number of rotatable bonds is 3. The van der Waals surface area contributed by atoms with E-state index in [1.54, 1.807) is 0 Å². The minimum Gasteiger partial charge on any atom is -0.479 e. The number of carbonyl (C=O) groups excluding carboxylic acids is 1. The number of benzene rings is 1. The molecule has 0 saturated carbocycles. The van der Waals surface area contributed by atoms with E-state index in [1.807, 2.05) is 5.32 Å². The zero-order valence-electron chi connectivity index (χ0n) is 10.6. The van der Waals surface area contributed by atoms with E-state index in [1.165, 1.54) is 0 Å². The number of halogens is 3. The first kappa shape index (κ1) is 15.1. The number of nitrogens with one attached hydrogen (secondary N) is 2. The molecule has 0 aliphatic carbocycles. The van der Waals surface area contributed by atoms with Crippen LogP contribution < -0.4 is 10.6 Å². The summed E-state index contributed by atoms with van der Waals surface area (Å²) in [6, 6.07) is -0.327. The number of carboxylic acids is 1. The van der Waals surface area contributed by atoms with Crippen molar-refractivity contribution in [1.82, 2.24) is 5.32 Å². The van der Waals surface area contributed by atoms with Crippen molar-refractivity contribution >= 4 is 17.7 Å². The summed E-state index contributed by atoms with van der Waals surface area (Å²) in [5.41, 5.74) is -2.23. The Morgan fingerprint density at radius 1 is 1.19 bits per heavy atom. The van der Waals surface area contributed by atoms with Crippen LogP contribution in [0, 0.1) is 17.5 Å². The lowest BCUT2D eigenvalue weighted by atomic mass is 9.99. The highest BCUT2D eigenvalue weighted by molar-refractivity contribution is 5.94. The molecule has 9 heteroatoms. The van der Waals surface area contributed by atoms with Crippen molar-refractivity contribution in [3.63, 3.8) is 0 Å². The van der Waals surface area contributed by atoms with Crippen LogP contribution in [-0.4, -0.2) is 35.9 Å². The molecule has 21 heavy (non-hydrogen) atoms. The third-order valence-electron chi connectivity index (χ3n) is 3.04. The molecule has 1 heterocycles. The number of carboxylic acid groups (broad SMARTS) is 1. The highest BCUT2D eigenvalue weighted by atomic mass is 19.2. The second-order valence-corrected chi connectivity index (χ2v) is 4.52. The number of amides is 2. The van der Waals surface area contributed by atoms with Gasteiger partial charge in [0.15, 0.2) is 17.2 Å². The number of aliphatic carboxylic acids is 1. The Hall–Kier alpha value is -2.29. The molecule has 1 aliphatic heterocycles. The van der Waals surface area contributed by atoms with Crippen molar-refractivity contribution in [1.29, 1.82) is 0 Å². The highest BCUT2D eigenvalue weighted by Crippen LogP contribution is 2.21. The zero-order valence-corrected chi connectivity index (χ0v) is 10.6. The maximum Gasteiger partial charge on any atom is 0.332 e. The standard InChI is InChI=1S/C12H11F3N2O4/c13-6-3-8(15)9(4-7(6)14)16-11(20)17-12(10(18)19)1-2-21-5-12/h3-4H,1-2,5H2,(H,18,19)(H2,16,17,20). The molecule has 2 amide bonds. The molecule has 0 bridgehead atoms. The van der Waals surface area contributed by atoms with Crippen LogP contribution in [0.3, 0.4) is 0 Å². The fraction of sp³-hybridized carbons (Fsp3) is 0.333. The Balaban J connectivity index is 2.12. The van der Waals surface area contributed by atoms with Crippen LogP contribution in [0.1, 0.15) is 6.42 Å². The van der Waals surface area contributed by atoms with Gasteiger partial charge < -0.3 is 20.5 Å². The van der Waals surface area contributed by atoms with E-state index in [0.717, 1.165) is 0 Å². The number of hydrogen-bond donors (Lipinski definition) is 3. The third-order valence-corrected chi connectivity index (χ3v) is 3.04. The monoisotopic (exact) mass is 304 g/mol. The Bertz CT molecular complexity index is 588. The lowest BCUT2D eigenvalue weighted by Gasteiger charge is -2.23. The molecule has 0 radical (unpaired) electrons. The number of urea groups is 1. The van der Waals surface area contributed by atoms with Crippen LogP contribution in [0.2, 0.25) is 0 Å². The zero-order chi connectivity index (χ0) is 15.6. The topological polar surface area (TPSA) is 87.7 Å². The molecule has 1 aromatic rings. The molecule has 2 rings (SSSR count). The van der Waals surface area contributed by atoms with Gasteiger partial charge in [0, 0.05) is 25.2 Å². The maximum atomic E-state index is 13.4. The number of hydrogen-bond acceptors (Lipinski definition) is 3. The van der Waals surface area contributed by atoms with E-state index in [2.05, 4.69) is 5.32 Å². The smallest absolute Gasteiger partial charge is 0.332 e. The van der Waals surface area contributed by atoms with Crippen LogP contribution in [0.5, 0.6) is 0 Å². The van der Waals surface area contributed by atoms with Gasteiger partial charge in [-0.15, -0.1) is 0 Å². The normalized spacial score (nSPS) is 21.1. The average molecular weight is 304 g/mol. The Labute approximate surface area is 116 Å². The summed E-state index contributed by atoms with van der Waals surface area (Å²) in [6.45, 7) is -0.0951. The summed E-state index contributed by atoms with van der Waals surface area (Å²) in [5, 5.41) is 13.2. The summed E-state index contributed by atoms with van der Waals surface area (Å²) in [4.78, 5) is 22.9. The molecule has 0 aromatic heterocycles. The van der Waals surface area contributed by atoms with Gasteiger partial charge in [0.1, 0.15) is 5.82 Å². The third kappa shape index (κ3) is 3.07. The molecular formula is C12H11F3N2O4. The van der Waals surface area contributed by atoms with Crippen molar-refractivity contribution in [2.24, 2.45) is 0 Å². The average Bonchev–Trinajstić information content (AvgIpc) is 2.85. The van der Waals surface area contributed by atoms with Gasteiger partial charge in [-0.25, -0.2) is 22.8 Å². The molecule has 3 N–H and O–H groups in total. The second-order valence-electron chi connectivity index (χ2n) is 4.52. The molecule has 1 atom stereocenters. The van der Waals surface area contributed by atoms with Gasteiger partial charge in [0.05, 0.1) is 12.3 Å². The maximum absolute atomic E-state index is 13.4. The highest BCUT2D eigenvalue weighted by Gasteiger charge is 2.44. The van der Waals surface area contributed by atoms with Gasteiger partial charge in [0.2, 0.25) is 0 Å². The van der Waals surface area contributed by atoms with Crippen molar-refractivity contribution in [2.75, 3.05) is 18.5 Å². The summed E-state index contributed by atoms with van der Waals surface area (Å²) in [5.74, 6) is -5.23. The summed E-state index contributed by atoms with van der Waals surface area (Å²) < 4.78 is 44.0. The van der Waals surface area contributed by atoms with E-state index in [-0.39, 0.29) is 25.7 Å². The van der Waals surface area contributed by atoms with E-state index in [0.29, 0.717) is 6.07 Å². The molecular weight excluding hydrogens is 293 g/mol. The Morgan fingerprint density at radius 2 is 1.86 bits per heavy atom. The molecule has 6 nitrogen and oxygen atoms in total. The predicted molar refractivity (Wildman–Crippen MR) is 64.3 cm³/mol.